The number of piperidine rings is 1. The molecule has 1 aromatic carbocycles. The van der Waals surface area contributed by atoms with Crippen LogP contribution in [0, 0.1) is 13.8 Å². The largest absolute Gasteiger partial charge is 0.317 e. The molecule has 0 spiro atoms. The van der Waals surface area contributed by atoms with Gasteiger partial charge in [0.05, 0.1) is 11.7 Å². The van der Waals surface area contributed by atoms with Crippen LogP contribution in [-0.2, 0) is 0 Å². The van der Waals surface area contributed by atoms with Crippen molar-refractivity contribution >= 4 is 15.9 Å². The van der Waals surface area contributed by atoms with Gasteiger partial charge in [0.2, 0.25) is 0 Å². The van der Waals surface area contributed by atoms with Crippen molar-refractivity contribution in [2.75, 3.05) is 13.1 Å². The molecule has 20 heavy (non-hydrogen) atoms. The average molecular weight is 334 g/mol. The summed E-state index contributed by atoms with van der Waals surface area (Å²) in [5, 5.41) is 8.14. The first-order valence-electron chi connectivity index (χ1n) is 7.18. The van der Waals surface area contributed by atoms with E-state index in [-0.39, 0.29) is 0 Å². The highest BCUT2D eigenvalue weighted by Crippen LogP contribution is 2.29. The standard InChI is InChI=1S/C16H20BrN3/c1-11-9-13(3-4-16(11)17)15-10-20(19-12(15)2)14-5-7-18-8-6-14/h3-4,9-10,14,18H,5-8H2,1-2H3. The number of halogens is 1. The Morgan fingerprint density at radius 2 is 2.00 bits per heavy atom. The van der Waals surface area contributed by atoms with E-state index in [0.29, 0.717) is 6.04 Å². The van der Waals surface area contributed by atoms with E-state index in [1.54, 1.807) is 0 Å². The van der Waals surface area contributed by atoms with Gasteiger partial charge in [0.1, 0.15) is 0 Å². The third-order valence-electron chi connectivity index (χ3n) is 4.07. The molecule has 0 unspecified atom stereocenters. The van der Waals surface area contributed by atoms with Gasteiger partial charge in [-0.1, -0.05) is 28.1 Å². The Hall–Kier alpha value is -1.13. The lowest BCUT2D eigenvalue weighted by Gasteiger charge is -2.22. The van der Waals surface area contributed by atoms with Crippen molar-refractivity contribution in [3.63, 3.8) is 0 Å². The van der Waals surface area contributed by atoms with Gasteiger partial charge in [-0.3, -0.25) is 4.68 Å². The third-order valence-corrected chi connectivity index (χ3v) is 4.96. The predicted octanol–water partition coefficient (Wildman–Crippen LogP) is 3.85. The number of aryl methyl sites for hydroxylation is 2. The van der Waals surface area contributed by atoms with Gasteiger partial charge in [-0.2, -0.15) is 5.10 Å². The second kappa shape index (κ2) is 5.70. The number of nitrogens with one attached hydrogen (secondary N) is 1. The summed E-state index contributed by atoms with van der Waals surface area (Å²) in [6.07, 6.45) is 4.55. The van der Waals surface area contributed by atoms with Crippen LogP contribution in [-0.4, -0.2) is 22.9 Å². The number of hydrogen-bond acceptors (Lipinski definition) is 2. The predicted molar refractivity (Wildman–Crippen MR) is 86.0 cm³/mol. The molecule has 3 nitrogen and oxygen atoms in total. The smallest absolute Gasteiger partial charge is 0.0672 e. The van der Waals surface area contributed by atoms with Crippen LogP contribution in [0.1, 0.15) is 30.1 Å². The number of rotatable bonds is 2. The van der Waals surface area contributed by atoms with Crippen LogP contribution in [0.25, 0.3) is 11.1 Å². The lowest BCUT2D eigenvalue weighted by atomic mass is 10.0. The second-order valence-corrected chi connectivity index (χ2v) is 6.41. The minimum Gasteiger partial charge on any atom is -0.317 e. The minimum atomic E-state index is 0.542. The highest BCUT2D eigenvalue weighted by molar-refractivity contribution is 9.10. The normalized spacial score (nSPS) is 16.6. The summed E-state index contributed by atoms with van der Waals surface area (Å²) in [6.45, 7) is 6.41. The molecule has 1 aliphatic heterocycles. The van der Waals surface area contributed by atoms with Gasteiger partial charge >= 0.3 is 0 Å². The Bertz CT molecular complexity index is 612. The lowest BCUT2D eigenvalue weighted by molar-refractivity contribution is 0.342. The Morgan fingerprint density at radius 1 is 1.25 bits per heavy atom. The molecular weight excluding hydrogens is 314 g/mol. The number of aromatic nitrogens is 2. The van der Waals surface area contributed by atoms with Crippen molar-refractivity contribution in [1.29, 1.82) is 0 Å². The van der Waals surface area contributed by atoms with Gasteiger partial charge in [-0.15, -0.1) is 0 Å². The van der Waals surface area contributed by atoms with Crippen molar-refractivity contribution < 1.29 is 0 Å². The molecule has 0 aliphatic carbocycles. The quantitative estimate of drug-likeness (QED) is 0.904. The molecule has 1 fully saturated rings. The maximum atomic E-state index is 4.74. The topological polar surface area (TPSA) is 29.9 Å². The molecular formula is C16H20BrN3. The zero-order chi connectivity index (χ0) is 14.1. The number of benzene rings is 1. The van der Waals surface area contributed by atoms with Gasteiger partial charge in [0, 0.05) is 16.2 Å². The molecule has 1 aromatic heterocycles. The van der Waals surface area contributed by atoms with Gasteiger partial charge in [-0.25, -0.2) is 0 Å². The molecule has 0 amide bonds. The highest BCUT2D eigenvalue weighted by atomic mass is 79.9. The molecule has 1 aliphatic rings. The van der Waals surface area contributed by atoms with Gasteiger partial charge in [0.15, 0.2) is 0 Å². The fraction of sp³-hybridized carbons (Fsp3) is 0.438. The van der Waals surface area contributed by atoms with Gasteiger partial charge < -0.3 is 5.32 Å². The van der Waals surface area contributed by atoms with Crippen molar-refractivity contribution in [2.45, 2.75) is 32.7 Å². The summed E-state index contributed by atoms with van der Waals surface area (Å²) in [5.41, 5.74) is 4.88. The summed E-state index contributed by atoms with van der Waals surface area (Å²) >= 11 is 3.56. The Labute approximate surface area is 128 Å². The first kappa shape index (κ1) is 13.8. The number of nitrogens with zero attached hydrogens (tertiary/aromatic N) is 2. The monoisotopic (exact) mass is 333 g/mol. The van der Waals surface area contributed by atoms with Crippen molar-refractivity contribution in [2.24, 2.45) is 0 Å². The molecule has 2 heterocycles. The maximum absolute atomic E-state index is 4.74. The van der Waals surface area contributed by atoms with E-state index in [1.165, 1.54) is 29.5 Å². The number of hydrogen-bond donors (Lipinski definition) is 1. The van der Waals surface area contributed by atoms with Crippen LogP contribution >= 0.6 is 15.9 Å². The lowest BCUT2D eigenvalue weighted by Crippen LogP contribution is -2.29. The van der Waals surface area contributed by atoms with E-state index in [9.17, 15) is 0 Å². The van der Waals surface area contributed by atoms with Gasteiger partial charge in [0.25, 0.3) is 0 Å². The molecule has 0 radical (unpaired) electrons. The van der Waals surface area contributed by atoms with Crippen molar-refractivity contribution in [1.82, 2.24) is 15.1 Å². The average Bonchev–Trinajstić information content (AvgIpc) is 2.85. The fourth-order valence-corrected chi connectivity index (χ4v) is 3.08. The van der Waals surface area contributed by atoms with E-state index in [4.69, 9.17) is 5.10 Å². The molecule has 1 N–H and O–H groups in total. The molecule has 4 heteroatoms. The Morgan fingerprint density at radius 3 is 2.70 bits per heavy atom. The molecule has 0 saturated carbocycles. The minimum absolute atomic E-state index is 0.542. The molecule has 2 aromatic rings. The molecule has 3 rings (SSSR count). The van der Waals surface area contributed by atoms with Crippen LogP contribution in [0.4, 0.5) is 0 Å². The summed E-state index contributed by atoms with van der Waals surface area (Å²) in [5.74, 6) is 0. The second-order valence-electron chi connectivity index (χ2n) is 5.55. The van der Waals surface area contributed by atoms with E-state index in [0.717, 1.165) is 23.3 Å². The van der Waals surface area contributed by atoms with Crippen LogP contribution in [0.2, 0.25) is 0 Å². The summed E-state index contributed by atoms with van der Waals surface area (Å²) < 4.78 is 3.33. The molecule has 106 valence electrons. The Balaban J connectivity index is 1.93. The van der Waals surface area contributed by atoms with Crippen molar-refractivity contribution in [3.8, 4) is 11.1 Å². The molecule has 0 atom stereocenters. The van der Waals surface area contributed by atoms with E-state index in [1.807, 2.05) is 0 Å². The Kier molecular flexibility index (Phi) is 3.94. The van der Waals surface area contributed by atoms with E-state index in [2.05, 4.69) is 64.2 Å². The van der Waals surface area contributed by atoms with E-state index < -0.39 is 0 Å². The summed E-state index contributed by atoms with van der Waals surface area (Å²) in [7, 11) is 0. The molecule has 0 bridgehead atoms. The van der Waals surface area contributed by atoms with Crippen LogP contribution in [0.15, 0.2) is 28.9 Å². The summed E-state index contributed by atoms with van der Waals surface area (Å²) in [6, 6.07) is 7.04. The fourth-order valence-electron chi connectivity index (χ4n) is 2.84. The van der Waals surface area contributed by atoms with Gasteiger partial charge in [-0.05, 0) is 57.0 Å². The first-order chi connectivity index (χ1) is 9.65. The van der Waals surface area contributed by atoms with Crippen LogP contribution in [0.5, 0.6) is 0 Å². The zero-order valence-electron chi connectivity index (χ0n) is 12.0. The van der Waals surface area contributed by atoms with Crippen LogP contribution in [0.3, 0.4) is 0 Å². The van der Waals surface area contributed by atoms with Crippen LogP contribution < -0.4 is 5.32 Å². The molecule has 1 saturated heterocycles. The van der Waals surface area contributed by atoms with Crippen molar-refractivity contribution in [3.05, 3.63) is 40.1 Å². The third kappa shape index (κ3) is 2.67. The zero-order valence-corrected chi connectivity index (χ0v) is 13.6. The summed E-state index contributed by atoms with van der Waals surface area (Å²) in [4.78, 5) is 0. The maximum Gasteiger partial charge on any atom is 0.0672 e. The first-order valence-corrected chi connectivity index (χ1v) is 7.97. The SMILES string of the molecule is Cc1cc(-c2cn(C3CCNCC3)nc2C)ccc1Br. The van der Waals surface area contributed by atoms with E-state index >= 15 is 0 Å². The highest BCUT2D eigenvalue weighted by Gasteiger charge is 2.17.